The summed E-state index contributed by atoms with van der Waals surface area (Å²) in [6.07, 6.45) is 1.77. The normalized spacial score (nSPS) is 12.3. The highest BCUT2D eigenvalue weighted by atomic mass is 79.9. The molecule has 0 aromatic carbocycles. The predicted octanol–water partition coefficient (Wildman–Crippen LogP) is 4.34. The topological polar surface area (TPSA) is 37.8 Å². The van der Waals surface area contributed by atoms with Crippen molar-refractivity contribution < 1.29 is 0 Å². The summed E-state index contributed by atoms with van der Waals surface area (Å²) in [5.74, 6) is 0. The SMILES string of the molecule is Cc1cc(C)c(C(C)Nc2cccnc2Br)c(C)n1. The average molecular weight is 320 g/mol. The van der Waals surface area contributed by atoms with Crippen LogP contribution < -0.4 is 5.32 Å². The number of halogens is 1. The van der Waals surface area contributed by atoms with Crippen molar-refractivity contribution in [3.05, 3.63) is 51.5 Å². The number of hydrogen-bond acceptors (Lipinski definition) is 3. The second-order valence-corrected chi connectivity index (χ2v) is 5.54. The van der Waals surface area contributed by atoms with Gasteiger partial charge in [0, 0.05) is 17.6 Å². The van der Waals surface area contributed by atoms with Crippen molar-refractivity contribution in [2.24, 2.45) is 0 Å². The van der Waals surface area contributed by atoms with Crippen LogP contribution in [0.3, 0.4) is 0 Å². The van der Waals surface area contributed by atoms with Crippen molar-refractivity contribution in [1.82, 2.24) is 9.97 Å². The molecule has 1 atom stereocenters. The molecule has 0 aliphatic carbocycles. The van der Waals surface area contributed by atoms with E-state index < -0.39 is 0 Å². The van der Waals surface area contributed by atoms with E-state index in [0.29, 0.717) is 0 Å². The van der Waals surface area contributed by atoms with Crippen LogP contribution in [0.1, 0.15) is 35.5 Å². The molecule has 1 unspecified atom stereocenters. The quantitative estimate of drug-likeness (QED) is 0.855. The molecule has 100 valence electrons. The maximum atomic E-state index is 4.55. The molecule has 0 amide bonds. The zero-order chi connectivity index (χ0) is 14.0. The van der Waals surface area contributed by atoms with E-state index in [1.54, 1.807) is 6.20 Å². The van der Waals surface area contributed by atoms with Gasteiger partial charge in [0.1, 0.15) is 4.60 Å². The Labute approximate surface area is 122 Å². The van der Waals surface area contributed by atoms with Gasteiger partial charge in [-0.15, -0.1) is 0 Å². The summed E-state index contributed by atoms with van der Waals surface area (Å²) >= 11 is 3.46. The molecule has 0 fully saturated rings. The standard InChI is InChI=1S/C15H18BrN3/c1-9-8-10(2)18-11(3)14(9)12(4)19-13-6-5-7-17-15(13)16/h5-8,12,19H,1-4H3. The Kier molecular flexibility index (Phi) is 4.20. The molecule has 0 aliphatic rings. The maximum absolute atomic E-state index is 4.55. The lowest BCUT2D eigenvalue weighted by molar-refractivity contribution is 0.840. The summed E-state index contributed by atoms with van der Waals surface area (Å²) in [6, 6.07) is 6.25. The van der Waals surface area contributed by atoms with Crippen LogP contribution in [-0.2, 0) is 0 Å². The number of nitrogens with zero attached hydrogens (tertiary/aromatic N) is 2. The molecule has 0 saturated carbocycles. The number of hydrogen-bond donors (Lipinski definition) is 1. The first kappa shape index (κ1) is 14.0. The number of nitrogens with one attached hydrogen (secondary N) is 1. The fraction of sp³-hybridized carbons (Fsp3) is 0.333. The van der Waals surface area contributed by atoms with E-state index in [-0.39, 0.29) is 6.04 Å². The Morgan fingerprint density at radius 3 is 2.63 bits per heavy atom. The Morgan fingerprint density at radius 2 is 2.00 bits per heavy atom. The van der Waals surface area contributed by atoms with E-state index in [4.69, 9.17) is 0 Å². The number of rotatable bonds is 3. The van der Waals surface area contributed by atoms with Gasteiger partial charge in [-0.25, -0.2) is 4.98 Å². The molecular formula is C15H18BrN3. The van der Waals surface area contributed by atoms with E-state index in [2.05, 4.69) is 58.1 Å². The van der Waals surface area contributed by atoms with Crippen LogP contribution in [-0.4, -0.2) is 9.97 Å². The van der Waals surface area contributed by atoms with Crippen LogP contribution in [0.15, 0.2) is 29.0 Å². The van der Waals surface area contributed by atoms with Crippen LogP contribution in [0.25, 0.3) is 0 Å². The third kappa shape index (κ3) is 3.13. The zero-order valence-corrected chi connectivity index (χ0v) is 13.2. The van der Waals surface area contributed by atoms with Crippen molar-refractivity contribution in [3.63, 3.8) is 0 Å². The zero-order valence-electron chi connectivity index (χ0n) is 11.7. The maximum Gasteiger partial charge on any atom is 0.129 e. The Morgan fingerprint density at radius 1 is 1.26 bits per heavy atom. The monoisotopic (exact) mass is 319 g/mol. The molecule has 1 N–H and O–H groups in total. The second kappa shape index (κ2) is 5.70. The van der Waals surface area contributed by atoms with E-state index >= 15 is 0 Å². The molecule has 19 heavy (non-hydrogen) atoms. The first-order valence-corrected chi connectivity index (χ1v) is 7.10. The van der Waals surface area contributed by atoms with Crippen molar-refractivity contribution in [3.8, 4) is 0 Å². The van der Waals surface area contributed by atoms with Crippen molar-refractivity contribution in [2.75, 3.05) is 5.32 Å². The average Bonchev–Trinajstić information content (AvgIpc) is 2.30. The third-order valence-corrected chi connectivity index (χ3v) is 3.78. The molecule has 2 heterocycles. The fourth-order valence-corrected chi connectivity index (χ4v) is 2.85. The Hall–Kier alpha value is -1.42. The Balaban J connectivity index is 2.31. The number of aromatic nitrogens is 2. The molecule has 2 rings (SSSR count). The van der Waals surface area contributed by atoms with Crippen LogP contribution in [0.4, 0.5) is 5.69 Å². The summed E-state index contributed by atoms with van der Waals surface area (Å²) in [5, 5.41) is 3.48. The summed E-state index contributed by atoms with van der Waals surface area (Å²) in [6.45, 7) is 8.37. The summed E-state index contributed by atoms with van der Waals surface area (Å²) in [7, 11) is 0. The molecule has 4 heteroatoms. The first-order valence-electron chi connectivity index (χ1n) is 6.31. The summed E-state index contributed by atoms with van der Waals surface area (Å²) in [5.41, 5.74) is 5.66. The van der Waals surface area contributed by atoms with Gasteiger partial charge >= 0.3 is 0 Å². The largest absolute Gasteiger partial charge is 0.376 e. The Bertz CT molecular complexity index is 573. The molecule has 0 radical (unpaired) electrons. The van der Waals surface area contributed by atoms with Gasteiger partial charge < -0.3 is 5.32 Å². The van der Waals surface area contributed by atoms with Gasteiger partial charge in [0.2, 0.25) is 0 Å². The summed E-state index contributed by atoms with van der Waals surface area (Å²) in [4.78, 5) is 8.78. The lowest BCUT2D eigenvalue weighted by Gasteiger charge is -2.20. The molecule has 0 aliphatic heterocycles. The minimum absolute atomic E-state index is 0.189. The van der Waals surface area contributed by atoms with Gasteiger partial charge in [0.05, 0.1) is 11.7 Å². The highest BCUT2D eigenvalue weighted by molar-refractivity contribution is 9.10. The van der Waals surface area contributed by atoms with E-state index in [1.807, 2.05) is 19.1 Å². The van der Waals surface area contributed by atoms with E-state index in [0.717, 1.165) is 21.7 Å². The molecule has 0 saturated heterocycles. The van der Waals surface area contributed by atoms with Gasteiger partial charge in [-0.05, 0) is 73.0 Å². The molecule has 0 bridgehead atoms. The molecule has 2 aromatic rings. The fourth-order valence-electron chi connectivity index (χ4n) is 2.49. The molecule has 2 aromatic heterocycles. The summed E-state index contributed by atoms with van der Waals surface area (Å²) < 4.78 is 0.831. The number of aryl methyl sites for hydroxylation is 3. The van der Waals surface area contributed by atoms with Crippen LogP contribution in [0, 0.1) is 20.8 Å². The van der Waals surface area contributed by atoms with Gasteiger partial charge in [-0.1, -0.05) is 0 Å². The van der Waals surface area contributed by atoms with E-state index in [9.17, 15) is 0 Å². The molecule has 3 nitrogen and oxygen atoms in total. The minimum atomic E-state index is 0.189. The smallest absolute Gasteiger partial charge is 0.129 e. The highest BCUT2D eigenvalue weighted by Crippen LogP contribution is 2.27. The van der Waals surface area contributed by atoms with Crippen molar-refractivity contribution in [1.29, 1.82) is 0 Å². The van der Waals surface area contributed by atoms with Crippen molar-refractivity contribution >= 4 is 21.6 Å². The third-order valence-electron chi connectivity index (χ3n) is 3.15. The van der Waals surface area contributed by atoms with Crippen LogP contribution >= 0.6 is 15.9 Å². The number of pyridine rings is 2. The van der Waals surface area contributed by atoms with Gasteiger partial charge in [-0.2, -0.15) is 0 Å². The van der Waals surface area contributed by atoms with Crippen LogP contribution in [0.2, 0.25) is 0 Å². The lowest BCUT2D eigenvalue weighted by Crippen LogP contribution is -2.12. The molecule has 0 spiro atoms. The lowest BCUT2D eigenvalue weighted by atomic mass is 10.0. The first-order chi connectivity index (χ1) is 8.99. The molecular weight excluding hydrogens is 302 g/mol. The highest BCUT2D eigenvalue weighted by Gasteiger charge is 2.14. The van der Waals surface area contributed by atoms with Crippen molar-refractivity contribution in [2.45, 2.75) is 33.7 Å². The van der Waals surface area contributed by atoms with E-state index in [1.165, 1.54) is 11.1 Å². The minimum Gasteiger partial charge on any atom is -0.376 e. The second-order valence-electron chi connectivity index (χ2n) is 4.79. The van der Waals surface area contributed by atoms with Gasteiger partial charge in [0.25, 0.3) is 0 Å². The number of anilines is 1. The van der Waals surface area contributed by atoms with Gasteiger partial charge in [0.15, 0.2) is 0 Å². The van der Waals surface area contributed by atoms with Gasteiger partial charge in [-0.3, -0.25) is 4.98 Å². The predicted molar refractivity (Wildman–Crippen MR) is 82.4 cm³/mol. The van der Waals surface area contributed by atoms with Crippen LogP contribution in [0.5, 0.6) is 0 Å².